The molecule has 1 aromatic carbocycles. The third-order valence-corrected chi connectivity index (χ3v) is 1.94. The Hall–Kier alpha value is -1.48. The molecule has 0 atom stereocenters. The Bertz CT molecular complexity index is 289. The van der Waals surface area contributed by atoms with Crippen LogP contribution in [0.5, 0.6) is 5.75 Å². The molecule has 0 aliphatic rings. The number of allylic oxidation sites excluding steroid dienone is 1. The van der Waals surface area contributed by atoms with Crippen LogP contribution in [0, 0.1) is 0 Å². The number of phenols is 1. The smallest absolute Gasteiger partial charge is 0.121 e. The molecule has 0 heterocycles. The first kappa shape index (κ1) is 14.5. The van der Waals surface area contributed by atoms with Crippen molar-refractivity contribution in [2.45, 2.75) is 20.3 Å². The van der Waals surface area contributed by atoms with Gasteiger partial charge in [0.1, 0.15) is 5.75 Å². The highest BCUT2D eigenvalue weighted by molar-refractivity contribution is 5.54. The van der Waals surface area contributed by atoms with Crippen LogP contribution in [0.15, 0.2) is 30.9 Å². The Kier molecular flexibility index (Phi) is 7.98. The van der Waals surface area contributed by atoms with Crippen molar-refractivity contribution in [3.05, 3.63) is 36.4 Å². The topological polar surface area (TPSA) is 55.5 Å². The number of phenolic OH excluding ortho intramolecular Hbond substituents is 1. The minimum absolute atomic E-state index is 0.241. The van der Waals surface area contributed by atoms with Crippen LogP contribution in [-0.4, -0.2) is 18.3 Å². The van der Waals surface area contributed by atoms with Gasteiger partial charge < -0.3 is 15.6 Å². The van der Waals surface area contributed by atoms with E-state index in [1.807, 2.05) is 13.8 Å². The van der Waals surface area contributed by atoms with Crippen LogP contribution in [0.2, 0.25) is 0 Å². The van der Waals surface area contributed by atoms with Crippen LogP contribution in [0.4, 0.5) is 5.69 Å². The number of benzene rings is 1. The minimum atomic E-state index is 0.241. The SMILES string of the molecule is C=CCc1c(N)cccc1O.CCOCC. The highest BCUT2D eigenvalue weighted by Crippen LogP contribution is 2.23. The fourth-order valence-electron chi connectivity index (χ4n) is 1.16. The first-order valence-electron chi connectivity index (χ1n) is 5.42. The maximum Gasteiger partial charge on any atom is 0.121 e. The van der Waals surface area contributed by atoms with Gasteiger partial charge in [0.15, 0.2) is 0 Å². The van der Waals surface area contributed by atoms with E-state index in [4.69, 9.17) is 10.5 Å². The van der Waals surface area contributed by atoms with Crippen LogP contribution in [0.25, 0.3) is 0 Å². The Morgan fingerprint density at radius 3 is 2.38 bits per heavy atom. The largest absolute Gasteiger partial charge is 0.508 e. The predicted molar refractivity (Wildman–Crippen MR) is 68.6 cm³/mol. The zero-order valence-corrected chi connectivity index (χ0v) is 10.1. The average Bonchev–Trinajstić information content (AvgIpc) is 2.26. The molecule has 0 radical (unpaired) electrons. The maximum absolute atomic E-state index is 9.29. The average molecular weight is 223 g/mol. The van der Waals surface area contributed by atoms with Crippen molar-refractivity contribution in [3.8, 4) is 5.75 Å². The Morgan fingerprint density at radius 2 is 2.00 bits per heavy atom. The second-order valence-corrected chi connectivity index (χ2v) is 3.12. The molecular formula is C13H21NO2. The number of hydrogen-bond acceptors (Lipinski definition) is 3. The molecule has 0 fully saturated rings. The van der Waals surface area contributed by atoms with Crippen LogP contribution in [0.1, 0.15) is 19.4 Å². The van der Waals surface area contributed by atoms with Crippen LogP contribution >= 0.6 is 0 Å². The molecular weight excluding hydrogens is 202 g/mol. The summed E-state index contributed by atoms with van der Waals surface area (Å²) in [6.45, 7) is 9.24. The zero-order chi connectivity index (χ0) is 12.4. The monoisotopic (exact) mass is 223 g/mol. The van der Waals surface area contributed by atoms with Crippen molar-refractivity contribution >= 4 is 5.69 Å². The molecule has 0 aliphatic carbocycles. The third kappa shape index (κ3) is 5.41. The summed E-state index contributed by atoms with van der Waals surface area (Å²) in [7, 11) is 0. The maximum atomic E-state index is 9.29. The lowest BCUT2D eigenvalue weighted by Crippen LogP contribution is -1.92. The first-order chi connectivity index (χ1) is 7.67. The van der Waals surface area contributed by atoms with Gasteiger partial charge in [-0.15, -0.1) is 6.58 Å². The normalized spacial score (nSPS) is 9.12. The Labute approximate surface area is 97.5 Å². The number of nitrogens with two attached hydrogens (primary N) is 1. The van der Waals surface area contributed by atoms with Crippen LogP contribution < -0.4 is 5.73 Å². The summed E-state index contributed by atoms with van der Waals surface area (Å²) in [5.41, 5.74) is 6.97. The van der Waals surface area contributed by atoms with Crippen LogP contribution in [0.3, 0.4) is 0 Å². The number of aromatic hydroxyl groups is 1. The highest BCUT2D eigenvalue weighted by Gasteiger charge is 2.01. The van der Waals surface area contributed by atoms with Crippen LogP contribution in [-0.2, 0) is 11.2 Å². The summed E-state index contributed by atoms with van der Waals surface area (Å²) in [6, 6.07) is 5.10. The summed E-state index contributed by atoms with van der Waals surface area (Å²) >= 11 is 0. The van der Waals surface area contributed by atoms with E-state index in [0.29, 0.717) is 12.1 Å². The number of anilines is 1. The van der Waals surface area contributed by atoms with E-state index in [0.717, 1.165) is 18.8 Å². The van der Waals surface area contributed by atoms with Gasteiger partial charge in [-0.2, -0.15) is 0 Å². The lowest BCUT2D eigenvalue weighted by Gasteiger charge is -2.03. The molecule has 0 unspecified atom stereocenters. The molecule has 3 N–H and O–H groups in total. The molecule has 0 spiro atoms. The summed E-state index contributed by atoms with van der Waals surface area (Å²) in [5, 5.41) is 9.29. The van der Waals surface area contributed by atoms with Gasteiger partial charge in [0.2, 0.25) is 0 Å². The van der Waals surface area contributed by atoms with Crippen molar-refractivity contribution in [3.63, 3.8) is 0 Å². The molecule has 90 valence electrons. The Morgan fingerprint density at radius 1 is 1.38 bits per heavy atom. The minimum Gasteiger partial charge on any atom is -0.508 e. The summed E-state index contributed by atoms with van der Waals surface area (Å²) in [5.74, 6) is 0.241. The van der Waals surface area contributed by atoms with Crippen molar-refractivity contribution in [2.24, 2.45) is 0 Å². The second-order valence-electron chi connectivity index (χ2n) is 3.12. The zero-order valence-electron chi connectivity index (χ0n) is 10.1. The molecule has 1 rings (SSSR count). The van der Waals surface area contributed by atoms with E-state index < -0.39 is 0 Å². The molecule has 0 aromatic heterocycles. The fourth-order valence-corrected chi connectivity index (χ4v) is 1.16. The molecule has 1 aromatic rings. The summed E-state index contributed by atoms with van der Waals surface area (Å²) in [6.07, 6.45) is 2.32. The van der Waals surface area contributed by atoms with Gasteiger partial charge in [0, 0.05) is 24.5 Å². The molecule has 0 bridgehead atoms. The molecule has 3 heteroatoms. The molecule has 16 heavy (non-hydrogen) atoms. The van der Waals surface area contributed by atoms with E-state index in [9.17, 15) is 5.11 Å². The number of ether oxygens (including phenoxy) is 1. The van der Waals surface area contributed by atoms with Gasteiger partial charge in [-0.3, -0.25) is 0 Å². The van der Waals surface area contributed by atoms with E-state index in [1.54, 1.807) is 24.3 Å². The van der Waals surface area contributed by atoms with E-state index in [1.165, 1.54) is 0 Å². The van der Waals surface area contributed by atoms with E-state index >= 15 is 0 Å². The van der Waals surface area contributed by atoms with Gasteiger partial charge >= 0.3 is 0 Å². The van der Waals surface area contributed by atoms with Crippen molar-refractivity contribution < 1.29 is 9.84 Å². The van der Waals surface area contributed by atoms with Crippen molar-refractivity contribution in [1.82, 2.24) is 0 Å². The number of rotatable bonds is 4. The standard InChI is InChI=1S/C9H11NO.C4H10O/c1-2-4-7-8(10)5-3-6-9(7)11;1-3-5-4-2/h2-3,5-6,11H,1,4,10H2;3-4H2,1-2H3. The second kappa shape index (κ2) is 8.80. The van der Waals surface area contributed by atoms with Gasteiger partial charge in [-0.05, 0) is 32.4 Å². The molecule has 0 amide bonds. The summed E-state index contributed by atoms with van der Waals surface area (Å²) in [4.78, 5) is 0. The fraction of sp³-hybridized carbons (Fsp3) is 0.385. The molecule has 0 saturated heterocycles. The molecule has 3 nitrogen and oxygen atoms in total. The predicted octanol–water partition coefficient (Wildman–Crippen LogP) is 2.75. The van der Waals surface area contributed by atoms with Crippen molar-refractivity contribution in [1.29, 1.82) is 0 Å². The quantitative estimate of drug-likeness (QED) is 0.609. The van der Waals surface area contributed by atoms with Gasteiger partial charge in [0.25, 0.3) is 0 Å². The van der Waals surface area contributed by atoms with E-state index in [-0.39, 0.29) is 5.75 Å². The van der Waals surface area contributed by atoms with E-state index in [2.05, 4.69) is 6.58 Å². The lowest BCUT2D eigenvalue weighted by atomic mass is 10.1. The Balaban J connectivity index is 0.000000385. The van der Waals surface area contributed by atoms with Gasteiger partial charge in [-0.1, -0.05) is 12.1 Å². The third-order valence-electron chi connectivity index (χ3n) is 1.94. The highest BCUT2D eigenvalue weighted by atomic mass is 16.5. The number of hydrogen-bond donors (Lipinski definition) is 2. The van der Waals surface area contributed by atoms with Crippen molar-refractivity contribution in [2.75, 3.05) is 18.9 Å². The lowest BCUT2D eigenvalue weighted by molar-refractivity contribution is 0.162. The molecule has 0 aliphatic heterocycles. The van der Waals surface area contributed by atoms with Gasteiger partial charge in [0.05, 0.1) is 0 Å². The number of nitrogen functional groups attached to an aromatic ring is 1. The first-order valence-corrected chi connectivity index (χ1v) is 5.42. The summed E-state index contributed by atoms with van der Waals surface area (Å²) < 4.78 is 4.83. The van der Waals surface area contributed by atoms with Gasteiger partial charge in [-0.25, -0.2) is 0 Å². The molecule has 0 saturated carbocycles.